The average Bonchev–Trinajstić information content (AvgIpc) is 2.62. The molecular formula is C18H18ClF2N3O2. The summed E-state index contributed by atoms with van der Waals surface area (Å²) in [6.45, 7) is 1.33. The van der Waals surface area contributed by atoms with E-state index < -0.39 is 11.6 Å². The highest BCUT2D eigenvalue weighted by Crippen LogP contribution is 2.28. The van der Waals surface area contributed by atoms with Gasteiger partial charge in [-0.15, -0.1) is 0 Å². The van der Waals surface area contributed by atoms with Crippen molar-refractivity contribution in [2.75, 3.05) is 43.5 Å². The van der Waals surface area contributed by atoms with Crippen molar-refractivity contribution < 1.29 is 18.3 Å². The molecule has 0 bridgehead atoms. The molecule has 0 spiro atoms. The number of ether oxygens (including phenoxy) is 1. The van der Waals surface area contributed by atoms with E-state index in [2.05, 4.69) is 5.32 Å². The number of hydrogen-bond donors (Lipinski definition) is 1. The van der Waals surface area contributed by atoms with Gasteiger partial charge in [-0.1, -0.05) is 17.7 Å². The van der Waals surface area contributed by atoms with Gasteiger partial charge in [0.05, 0.1) is 12.8 Å². The van der Waals surface area contributed by atoms with E-state index in [4.69, 9.17) is 16.3 Å². The second kappa shape index (κ2) is 7.78. The minimum Gasteiger partial charge on any atom is -0.495 e. The van der Waals surface area contributed by atoms with E-state index in [1.54, 1.807) is 28.0 Å². The van der Waals surface area contributed by atoms with Crippen LogP contribution in [0.2, 0.25) is 5.02 Å². The van der Waals surface area contributed by atoms with Crippen LogP contribution in [0.3, 0.4) is 0 Å². The number of carbonyl (C=O) groups excluding carboxylic acids is 1. The monoisotopic (exact) mass is 381 g/mol. The van der Waals surface area contributed by atoms with Gasteiger partial charge in [-0.3, -0.25) is 0 Å². The van der Waals surface area contributed by atoms with Crippen molar-refractivity contribution in [3.8, 4) is 5.75 Å². The van der Waals surface area contributed by atoms with Crippen LogP contribution in [0.15, 0.2) is 36.4 Å². The number of benzene rings is 2. The summed E-state index contributed by atoms with van der Waals surface area (Å²) in [4.78, 5) is 15.7. The number of methoxy groups -OCH3 is 1. The largest absolute Gasteiger partial charge is 0.495 e. The first-order chi connectivity index (χ1) is 12.5. The van der Waals surface area contributed by atoms with Gasteiger partial charge < -0.3 is 19.9 Å². The zero-order valence-corrected chi connectivity index (χ0v) is 14.9. The number of para-hydroxylation sites is 1. The van der Waals surface area contributed by atoms with Crippen LogP contribution in [0.25, 0.3) is 0 Å². The van der Waals surface area contributed by atoms with Gasteiger partial charge >= 0.3 is 6.03 Å². The van der Waals surface area contributed by atoms with Gasteiger partial charge in [0, 0.05) is 31.2 Å². The molecule has 0 unspecified atom stereocenters. The number of anilines is 2. The molecule has 2 amide bonds. The SMILES string of the molecule is COc1ccc(Cl)cc1NC(=O)N1CCN(c2c(F)cccc2F)CC1. The molecule has 1 aliphatic rings. The summed E-state index contributed by atoms with van der Waals surface area (Å²) < 4.78 is 33.0. The van der Waals surface area contributed by atoms with Gasteiger partial charge in [0.25, 0.3) is 0 Å². The van der Waals surface area contributed by atoms with E-state index in [9.17, 15) is 13.6 Å². The maximum Gasteiger partial charge on any atom is 0.322 e. The Morgan fingerprint density at radius 3 is 2.38 bits per heavy atom. The van der Waals surface area contributed by atoms with Crippen LogP contribution in [0.4, 0.5) is 25.0 Å². The molecule has 2 aromatic carbocycles. The second-order valence-corrected chi connectivity index (χ2v) is 6.26. The lowest BCUT2D eigenvalue weighted by molar-refractivity contribution is 0.208. The molecule has 3 rings (SSSR count). The number of amides is 2. The highest BCUT2D eigenvalue weighted by atomic mass is 35.5. The number of hydrogen-bond acceptors (Lipinski definition) is 3. The number of nitrogens with zero attached hydrogens (tertiary/aromatic N) is 2. The van der Waals surface area contributed by atoms with Crippen LogP contribution in [-0.4, -0.2) is 44.2 Å². The molecule has 0 radical (unpaired) electrons. The Morgan fingerprint density at radius 1 is 1.12 bits per heavy atom. The lowest BCUT2D eigenvalue weighted by Gasteiger charge is -2.36. The summed E-state index contributed by atoms with van der Waals surface area (Å²) >= 11 is 5.96. The van der Waals surface area contributed by atoms with Crippen molar-refractivity contribution >= 4 is 29.0 Å². The van der Waals surface area contributed by atoms with E-state index in [0.29, 0.717) is 42.6 Å². The van der Waals surface area contributed by atoms with Crippen molar-refractivity contribution in [1.29, 1.82) is 0 Å². The highest BCUT2D eigenvalue weighted by molar-refractivity contribution is 6.31. The van der Waals surface area contributed by atoms with Gasteiger partial charge in [0.15, 0.2) is 0 Å². The second-order valence-electron chi connectivity index (χ2n) is 5.82. The fourth-order valence-corrected chi connectivity index (χ4v) is 3.07. The van der Waals surface area contributed by atoms with Crippen LogP contribution in [0.5, 0.6) is 5.75 Å². The Kier molecular flexibility index (Phi) is 5.46. The van der Waals surface area contributed by atoms with Crippen molar-refractivity contribution in [3.05, 3.63) is 53.1 Å². The fourth-order valence-electron chi connectivity index (χ4n) is 2.90. The normalized spacial score (nSPS) is 14.3. The molecule has 138 valence electrons. The predicted octanol–water partition coefficient (Wildman–Crippen LogP) is 3.98. The number of rotatable bonds is 3. The zero-order valence-electron chi connectivity index (χ0n) is 14.1. The lowest BCUT2D eigenvalue weighted by atomic mass is 10.2. The van der Waals surface area contributed by atoms with Crippen LogP contribution in [-0.2, 0) is 0 Å². The quantitative estimate of drug-likeness (QED) is 0.874. The third-order valence-electron chi connectivity index (χ3n) is 4.22. The number of nitrogens with one attached hydrogen (secondary N) is 1. The maximum absolute atomic E-state index is 13.9. The van der Waals surface area contributed by atoms with Crippen molar-refractivity contribution in [3.63, 3.8) is 0 Å². The van der Waals surface area contributed by atoms with Gasteiger partial charge in [-0.05, 0) is 30.3 Å². The molecule has 1 fully saturated rings. The summed E-state index contributed by atoms with van der Waals surface area (Å²) in [7, 11) is 1.50. The first-order valence-electron chi connectivity index (χ1n) is 8.08. The van der Waals surface area contributed by atoms with E-state index in [0.717, 1.165) is 0 Å². The number of halogens is 3. The van der Waals surface area contributed by atoms with Gasteiger partial charge in [-0.2, -0.15) is 0 Å². The molecule has 8 heteroatoms. The van der Waals surface area contributed by atoms with Crippen LogP contribution in [0, 0.1) is 11.6 Å². The third kappa shape index (κ3) is 3.83. The van der Waals surface area contributed by atoms with E-state index >= 15 is 0 Å². The van der Waals surface area contributed by atoms with Crippen LogP contribution in [0.1, 0.15) is 0 Å². The summed E-state index contributed by atoms with van der Waals surface area (Å²) in [5.74, 6) is -0.715. The minimum atomic E-state index is -0.605. The van der Waals surface area contributed by atoms with Crippen molar-refractivity contribution in [2.45, 2.75) is 0 Å². The van der Waals surface area contributed by atoms with Crippen LogP contribution >= 0.6 is 11.6 Å². The Labute approximate surface area is 155 Å². The van der Waals surface area contributed by atoms with Gasteiger partial charge in [0.1, 0.15) is 23.1 Å². The van der Waals surface area contributed by atoms with E-state index in [1.807, 2.05) is 0 Å². The molecule has 5 nitrogen and oxygen atoms in total. The number of urea groups is 1. The molecule has 0 aromatic heterocycles. The Morgan fingerprint density at radius 2 is 1.77 bits per heavy atom. The fraction of sp³-hybridized carbons (Fsp3) is 0.278. The molecule has 1 N–H and O–H groups in total. The average molecular weight is 382 g/mol. The molecular weight excluding hydrogens is 364 g/mol. The zero-order chi connectivity index (χ0) is 18.7. The Balaban J connectivity index is 1.65. The van der Waals surface area contributed by atoms with Gasteiger partial charge in [-0.25, -0.2) is 13.6 Å². The topological polar surface area (TPSA) is 44.8 Å². The molecule has 1 heterocycles. The smallest absolute Gasteiger partial charge is 0.322 e. The van der Waals surface area contributed by atoms with Crippen molar-refractivity contribution in [2.24, 2.45) is 0 Å². The summed E-state index contributed by atoms with van der Waals surface area (Å²) in [6.07, 6.45) is 0. The number of carbonyl (C=O) groups is 1. The maximum atomic E-state index is 13.9. The molecule has 1 saturated heterocycles. The first-order valence-corrected chi connectivity index (χ1v) is 8.46. The lowest BCUT2D eigenvalue weighted by Crippen LogP contribution is -2.50. The van der Waals surface area contributed by atoms with Crippen molar-refractivity contribution in [1.82, 2.24) is 4.90 Å². The third-order valence-corrected chi connectivity index (χ3v) is 4.46. The highest BCUT2D eigenvalue weighted by Gasteiger charge is 2.25. The van der Waals surface area contributed by atoms with E-state index in [1.165, 1.54) is 25.3 Å². The Bertz CT molecular complexity index is 791. The summed E-state index contributed by atoms with van der Waals surface area (Å²) in [5, 5.41) is 3.23. The molecule has 1 aliphatic heterocycles. The minimum absolute atomic E-state index is 0.0518. The molecule has 0 atom stereocenters. The van der Waals surface area contributed by atoms with Crippen LogP contribution < -0.4 is 15.0 Å². The van der Waals surface area contributed by atoms with E-state index in [-0.39, 0.29) is 11.7 Å². The first kappa shape index (κ1) is 18.3. The predicted molar refractivity (Wildman–Crippen MR) is 97.2 cm³/mol. The standard InChI is InChI=1S/C18H18ClF2N3O2/c1-26-16-6-5-12(19)11-15(16)22-18(25)24-9-7-23(8-10-24)17-13(20)3-2-4-14(17)21/h2-6,11H,7-10H2,1H3,(H,22,25). The summed E-state index contributed by atoms with van der Waals surface area (Å²) in [6, 6.07) is 8.39. The van der Waals surface area contributed by atoms with Gasteiger partial charge in [0.2, 0.25) is 0 Å². The number of piperazine rings is 1. The molecule has 0 saturated carbocycles. The Hall–Kier alpha value is -2.54. The molecule has 2 aromatic rings. The molecule has 0 aliphatic carbocycles. The molecule has 26 heavy (non-hydrogen) atoms. The summed E-state index contributed by atoms with van der Waals surface area (Å²) in [5.41, 5.74) is 0.414.